The van der Waals surface area contributed by atoms with Gasteiger partial charge in [0.15, 0.2) is 15.8 Å². The maximum atomic E-state index is 12.3. The van der Waals surface area contributed by atoms with Crippen LogP contribution >= 0.6 is 0 Å². The number of sulfone groups is 1. The normalized spacial score (nSPS) is 17.7. The van der Waals surface area contributed by atoms with E-state index in [9.17, 15) is 13.2 Å². The number of likely N-dealkylation sites (tertiary alicyclic amines) is 1. The molecule has 0 saturated carbocycles. The molecule has 2 N–H and O–H groups in total. The molecule has 0 spiro atoms. The lowest BCUT2D eigenvalue weighted by Gasteiger charge is -2.23. The molecule has 1 heterocycles. The van der Waals surface area contributed by atoms with Gasteiger partial charge in [0, 0.05) is 26.7 Å². The number of hydrogen-bond donors (Lipinski definition) is 2. The van der Waals surface area contributed by atoms with Gasteiger partial charge in [0.1, 0.15) is 5.60 Å². The van der Waals surface area contributed by atoms with E-state index >= 15 is 0 Å². The first-order valence-corrected chi connectivity index (χ1v) is 12.1. The first kappa shape index (κ1) is 24.0. The third kappa shape index (κ3) is 8.61. The first-order chi connectivity index (χ1) is 14.1. The number of carbonyl (C=O) groups excluding carboxylic acids is 1. The number of rotatable bonds is 7. The van der Waals surface area contributed by atoms with Gasteiger partial charge >= 0.3 is 6.09 Å². The lowest BCUT2D eigenvalue weighted by molar-refractivity contribution is 0.0507. The molecule has 168 valence electrons. The number of hydrogen-bond acceptors (Lipinski definition) is 5. The van der Waals surface area contributed by atoms with Crippen LogP contribution in [0.2, 0.25) is 0 Å². The number of nitrogens with zero attached hydrogens (tertiary/aromatic N) is 2. The van der Waals surface area contributed by atoms with Crippen molar-refractivity contribution in [2.45, 2.75) is 51.0 Å². The highest BCUT2D eigenvalue weighted by Crippen LogP contribution is 2.12. The van der Waals surface area contributed by atoms with Gasteiger partial charge in [0.25, 0.3) is 0 Å². The Morgan fingerprint density at radius 3 is 2.60 bits per heavy atom. The van der Waals surface area contributed by atoms with Gasteiger partial charge in [-0.3, -0.25) is 4.99 Å². The van der Waals surface area contributed by atoms with Gasteiger partial charge in [0.2, 0.25) is 0 Å². The fraction of sp³-hybridized carbons (Fsp3) is 0.619. The van der Waals surface area contributed by atoms with Crippen molar-refractivity contribution in [2.24, 2.45) is 4.99 Å². The van der Waals surface area contributed by atoms with Crippen LogP contribution in [0.4, 0.5) is 4.79 Å². The predicted molar refractivity (Wildman–Crippen MR) is 119 cm³/mol. The van der Waals surface area contributed by atoms with Gasteiger partial charge in [0.05, 0.1) is 17.5 Å². The standard InChI is InChI=1S/C21H34N4O4S/c1-21(2,3)29-20(26)24-18-11-13-25(15-18)19(22-4)23-12-8-14-30(27,28)16-17-9-6-5-7-10-17/h5-7,9-10,18H,8,11-16H2,1-4H3,(H,22,23)(H,24,26). The Kier molecular flexibility index (Phi) is 8.52. The summed E-state index contributed by atoms with van der Waals surface area (Å²) < 4.78 is 29.9. The lowest BCUT2D eigenvalue weighted by Crippen LogP contribution is -2.44. The van der Waals surface area contributed by atoms with Crippen LogP contribution in [-0.4, -0.2) is 69.4 Å². The average molecular weight is 439 g/mol. The predicted octanol–water partition coefficient (Wildman–Crippen LogP) is 2.17. The van der Waals surface area contributed by atoms with Crippen LogP contribution in [-0.2, 0) is 20.3 Å². The molecule has 1 aromatic rings. The van der Waals surface area contributed by atoms with E-state index in [1.54, 1.807) is 7.05 Å². The van der Waals surface area contributed by atoms with E-state index in [1.807, 2.05) is 51.1 Å². The molecule has 1 aliphatic rings. The van der Waals surface area contributed by atoms with Crippen molar-refractivity contribution < 1.29 is 17.9 Å². The fourth-order valence-electron chi connectivity index (χ4n) is 3.27. The monoisotopic (exact) mass is 438 g/mol. The molecule has 1 saturated heterocycles. The van der Waals surface area contributed by atoms with Crippen LogP contribution in [0.15, 0.2) is 35.3 Å². The van der Waals surface area contributed by atoms with Crippen molar-refractivity contribution >= 4 is 21.9 Å². The smallest absolute Gasteiger partial charge is 0.407 e. The Balaban J connectivity index is 1.73. The van der Waals surface area contributed by atoms with Crippen molar-refractivity contribution in [1.82, 2.24) is 15.5 Å². The highest BCUT2D eigenvalue weighted by atomic mass is 32.2. The molecular formula is C21H34N4O4S. The van der Waals surface area contributed by atoms with Gasteiger partial charge in [-0.2, -0.15) is 0 Å². The van der Waals surface area contributed by atoms with Crippen molar-refractivity contribution in [3.05, 3.63) is 35.9 Å². The van der Waals surface area contributed by atoms with E-state index in [0.29, 0.717) is 25.5 Å². The molecule has 0 radical (unpaired) electrons. The molecule has 1 amide bonds. The minimum atomic E-state index is -3.15. The maximum absolute atomic E-state index is 12.3. The Bertz CT molecular complexity index is 819. The topological polar surface area (TPSA) is 100 Å². The minimum Gasteiger partial charge on any atom is -0.444 e. The van der Waals surface area contributed by atoms with Crippen molar-refractivity contribution in [3.63, 3.8) is 0 Å². The van der Waals surface area contributed by atoms with Crippen molar-refractivity contribution in [1.29, 1.82) is 0 Å². The van der Waals surface area contributed by atoms with Gasteiger partial charge < -0.3 is 20.3 Å². The second-order valence-electron chi connectivity index (χ2n) is 8.48. The molecule has 0 aliphatic carbocycles. The third-order valence-electron chi connectivity index (χ3n) is 4.57. The number of benzene rings is 1. The first-order valence-electron chi connectivity index (χ1n) is 10.3. The van der Waals surface area contributed by atoms with Gasteiger partial charge in [-0.1, -0.05) is 30.3 Å². The zero-order chi connectivity index (χ0) is 22.2. The van der Waals surface area contributed by atoms with Gasteiger partial charge in [-0.15, -0.1) is 0 Å². The Morgan fingerprint density at radius 2 is 1.97 bits per heavy atom. The third-order valence-corrected chi connectivity index (χ3v) is 6.25. The van der Waals surface area contributed by atoms with Crippen LogP contribution in [0.1, 0.15) is 39.2 Å². The Labute approximate surface area is 180 Å². The summed E-state index contributed by atoms with van der Waals surface area (Å²) in [5.41, 5.74) is 0.280. The Morgan fingerprint density at radius 1 is 1.27 bits per heavy atom. The number of nitrogens with one attached hydrogen (secondary N) is 2. The summed E-state index contributed by atoms with van der Waals surface area (Å²) in [6, 6.07) is 9.20. The number of ether oxygens (including phenoxy) is 1. The molecule has 30 heavy (non-hydrogen) atoms. The molecule has 2 rings (SSSR count). The Hall–Kier alpha value is -2.29. The molecule has 0 bridgehead atoms. The molecule has 1 aliphatic heterocycles. The van der Waals surface area contributed by atoms with E-state index in [1.165, 1.54) is 0 Å². The van der Waals surface area contributed by atoms with Crippen LogP contribution in [0.3, 0.4) is 0 Å². The number of guanidine groups is 1. The summed E-state index contributed by atoms with van der Waals surface area (Å²) in [6.07, 6.45) is 0.883. The second-order valence-corrected chi connectivity index (χ2v) is 10.7. The van der Waals surface area contributed by atoms with E-state index in [4.69, 9.17) is 4.74 Å². The van der Waals surface area contributed by atoms with Crippen LogP contribution < -0.4 is 10.6 Å². The van der Waals surface area contributed by atoms with Gasteiger partial charge in [-0.25, -0.2) is 13.2 Å². The molecule has 1 unspecified atom stereocenters. The summed E-state index contributed by atoms with van der Waals surface area (Å²) in [4.78, 5) is 18.3. The van der Waals surface area contributed by atoms with Crippen LogP contribution in [0.5, 0.6) is 0 Å². The highest BCUT2D eigenvalue weighted by Gasteiger charge is 2.27. The van der Waals surface area contributed by atoms with E-state index in [2.05, 4.69) is 20.5 Å². The number of carbonyl (C=O) groups is 1. The number of aliphatic imine (C=N–C) groups is 1. The van der Waals surface area contributed by atoms with E-state index in [0.717, 1.165) is 18.5 Å². The minimum absolute atomic E-state index is 0.00958. The maximum Gasteiger partial charge on any atom is 0.407 e. The largest absolute Gasteiger partial charge is 0.444 e. The number of amides is 1. The molecule has 9 heteroatoms. The quantitative estimate of drug-likeness (QED) is 0.384. The molecule has 1 atom stereocenters. The van der Waals surface area contributed by atoms with E-state index < -0.39 is 21.5 Å². The highest BCUT2D eigenvalue weighted by molar-refractivity contribution is 7.90. The van der Waals surface area contributed by atoms with Gasteiger partial charge in [-0.05, 0) is 39.2 Å². The van der Waals surface area contributed by atoms with Crippen molar-refractivity contribution in [2.75, 3.05) is 32.4 Å². The molecular weight excluding hydrogens is 404 g/mol. The summed E-state index contributed by atoms with van der Waals surface area (Å²) in [6.45, 7) is 7.40. The summed E-state index contributed by atoms with van der Waals surface area (Å²) in [5, 5.41) is 6.12. The molecule has 1 fully saturated rings. The fourth-order valence-corrected chi connectivity index (χ4v) is 4.70. The average Bonchev–Trinajstić information content (AvgIpc) is 3.08. The summed E-state index contributed by atoms with van der Waals surface area (Å²) in [7, 11) is -1.45. The zero-order valence-corrected chi connectivity index (χ0v) is 19.2. The molecule has 0 aromatic heterocycles. The second kappa shape index (κ2) is 10.7. The SMILES string of the molecule is CN=C(NCCCS(=O)(=O)Cc1ccccc1)N1CCC(NC(=O)OC(C)(C)C)C1. The zero-order valence-electron chi connectivity index (χ0n) is 18.3. The van der Waals surface area contributed by atoms with Crippen molar-refractivity contribution in [3.8, 4) is 0 Å². The molecule has 1 aromatic carbocycles. The van der Waals surface area contributed by atoms with E-state index in [-0.39, 0.29) is 17.5 Å². The number of alkyl carbamates (subject to hydrolysis) is 1. The summed E-state index contributed by atoms with van der Waals surface area (Å²) >= 11 is 0. The lowest BCUT2D eigenvalue weighted by atomic mass is 10.2. The molecule has 8 nitrogen and oxygen atoms in total. The summed E-state index contributed by atoms with van der Waals surface area (Å²) in [5.74, 6) is 0.894. The van der Waals surface area contributed by atoms with Crippen LogP contribution in [0.25, 0.3) is 0 Å². The van der Waals surface area contributed by atoms with Crippen LogP contribution in [0, 0.1) is 0 Å².